The summed E-state index contributed by atoms with van der Waals surface area (Å²) in [5.41, 5.74) is -0.681. The lowest BCUT2D eigenvalue weighted by Crippen LogP contribution is -2.27. The van der Waals surface area contributed by atoms with Crippen molar-refractivity contribution >= 4 is 27.3 Å². The summed E-state index contributed by atoms with van der Waals surface area (Å²) in [4.78, 5) is 12.0. The van der Waals surface area contributed by atoms with Crippen LogP contribution in [0.5, 0.6) is 5.88 Å². The molecule has 1 amide bonds. The number of carbonyl (C=O) groups is 1. The maximum atomic E-state index is 14.5. The molecule has 25 heavy (non-hydrogen) atoms. The minimum atomic E-state index is -3.43. The second-order valence-electron chi connectivity index (χ2n) is 5.68. The van der Waals surface area contributed by atoms with Crippen molar-refractivity contribution in [2.75, 3.05) is 6.26 Å². The second kappa shape index (κ2) is 6.68. The molecule has 1 aliphatic rings. The van der Waals surface area contributed by atoms with E-state index in [1.807, 2.05) is 0 Å². The van der Waals surface area contributed by atoms with Crippen LogP contribution in [-0.4, -0.2) is 31.0 Å². The molecular weight excluding hydrogens is 374 g/mol. The van der Waals surface area contributed by atoms with Gasteiger partial charge in [0.1, 0.15) is 22.5 Å². The zero-order valence-electron chi connectivity index (χ0n) is 13.1. The first kappa shape index (κ1) is 17.7. The average molecular weight is 388 g/mol. The summed E-state index contributed by atoms with van der Waals surface area (Å²) in [6, 6.07) is 3.30. The fraction of sp³-hybridized carbons (Fsp3) is 0.333. The summed E-state index contributed by atoms with van der Waals surface area (Å²) in [6.45, 7) is -0.519. The van der Waals surface area contributed by atoms with E-state index in [0.29, 0.717) is 11.5 Å². The number of carbonyl (C=O) groups excluding carboxylic acids is 1. The van der Waals surface area contributed by atoms with Crippen LogP contribution in [0.2, 0.25) is 0 Å². The Morgan fingerprint density at radius 1 is 1.40 bits per heavy atom. The van der Waals surface area contributed by atoms with Crippen LogP contribution in [0.4, 0.5) is 8.78 Å². The highest BCUT2D eigenvalue weighted by Crippen LogP contribution is 2.25. The zero-order chi connectivity index (χ0) is 18.2. The highest BCUT2D eigenvalue weighted by Gasteiger charge is 2.26. The molecule has 0 unspecified atom stereocenters. The van der Waals surface area contributed by atoms with Gasteiger partial charge in [-0.25, -0.2) is 17.2 Å². The van der Waals surface area contributed by atoms with Crippen LogP contribution in [0.3, 0.4) is 0 Å². The van der Waals surface area contributed by atoms with Gasteiger partial charge in [-0.2, -0.15) is 4.37 Å². The molecule has 3 rings (SSSR count). The Balaban J connectivity index is 1.77. The zero-order valence-corrected chi connectivity index (χ0v) is 14.7. The first-order valence-corrected chi connectivity index (χ1v) is 9.99. The highest BCUT2D eigenvalue weighted by atomic mass is 32.2. The third-order valence-corrected chi connectivity index (χ3v) is 6.09. The van der Waals surface area contributed by atoms with Gasteiger partial charge in [-0.15, -0.1) is 0 Å². The van der Waals surface area contributed by atoms with Crippen molar-refractivity contribution in [3.8, 4) is 5.88 Å². The number of amides is 1. The fourth-order valence-corrected chi connectivity index (χ4v) is 3.44. The molecule has 1 aromatic heterocycles. The summed E-state index contributed by atoms with van der Waals surface area (Å²) < 4.78 is 60.1. The molecule has 1 aromatic carbocycles. The largest absolute Gasteiger partial charge is 0.472 e. The van der Waals surface area contributed by atoms with Crippen molar-refractivity contribution in [1.29, 1.82) is 0 Å². The van der Waals surface area contributed by atoms with E-state index < -0.39 is 39.5 Å². The van der Waals surface area contributed by atoms with Crippen molar-refractivity contribution in [3.05, 3.63) is 41.0 Å². The average Bonchev–Trinajstić information content (AvgIpc) is 3.19. The Hall–Kier alpha value is -2.07. The molecule has 0 atom stereocenters. The first-order valence-electron chi connectivity index (χ1n) is 7.33. The molecule has 1 fully saturated rings. The van der Waals surface area contributed by atoms with Crippen LogP contribution >= 0.6 is 11.5 Å². The number of sulfone groups is 1. The molecule has 0 aliphatic heterocycles. The van der Waals surface area contributed by atoms with E-state index in [1.165, 1.54) is 6.07 Å². The molecular formula is C15H14F2N2O4S2. The van der Waals surface area contributed by atoms with Crippen molar-refractivity contribution in [1.82, 2.24) is 9.69 Å². The van der Waals surface area contributed by atoms with Crippen molar-refractivity contribution in [3.63, 3.8) is 0 Å². The van der Waals surface area contributed by atoms with E-state index in [4.69, 9.17) is 4.74 Å². The van der Waals surface area contributed by atoms with Crippen LogP contribution in [0.15, 0.2) is 22.4 Å². The number of halogens is 2. The third kappa shape index (κ3) is 4.13. The standard InChI is InChI=1S/C15H14F2N2O4S2/c1-25(21,22)13-6-12(19-24-13)23-7-10-11(16)5-4-9(14(10)17)15(20)18-8-2-3-8/h4-6,8H,2-3,7H2,1H3,(H,18,20). The fourth-order valence-electron chi connectivity index (χ4n) is 2.03. The molecule has 0 saturated heterocycles. The Labute approximate surface area is 146 Å². The summed E-state index contributed by atoms with van der Waals surface area (Å²) >= 11 is 0.707. The van der Waals surface area contributed by atoms with Crippen LogP contribution in [-0.2, 0) is 16.4 Å². The summed E-state index contributed by atoms with van der Waals surface area (Å²) in [7, 11) is -3.43. The predicted octanol–water partition coefficient (Wildman–Crippen LogP) is 2.30. The van der Waals surface area contributed by atoms with E-state index in [1.54, 1.807) is 0 Å². The first-order chi connectivity index (χ1) is 11.8. The van der Waals surface area contributed by atoms with Crippen LogP contribution in [0, 0.1) is 11.6 Å². The van der Waals surface area contributed by atoms with Gasteiger partial charge in [-0.05, 0) is 36.5 Å². The third-order valence-electron chi connectivity index (χ3n) is 3.54. The number of nitrogens with one attached hydrogen (secondary N) is 1. The number of ether oxygens (including phenoxy) is 1. The van der Waals surface area contributed by atoms with Gasteiger partial charge in [0.25, 0.3) is 5.91 Å². The molecule has 2 aromatic rings. The minimum Gasteiger partial charge on any atom is -0.472 e. The van der Waals surface area contributed by atoms with Gasteiger partial charge in [0.05, 0.1) is 11.1 Å². The monoisotopic (exact) mass is 388 g/mol. The van der Waals surface area contributed by atoms with Gasteiger partial charge < -0.3 is 10.1 Å². The summed E-state index contributed by atoms with van der Waals surface area (Å²) in [5.74, 6) is -2.53. The summed E-state index contributed by atoms with van der Waals surface area (Å²) in [5, 5.41) is 2.63. The highest BCUT2D eigenvalue weighted by molar-refractivity contribution is 7.92. The van der Waals surface area contributed by atoms with E-state index in [-0.39, 0.29) is 21.7 Å². The molecule has 1 heterocycles. The van der Waals surface area contributed by atoms with Crippen LogP contribution < -0.4 is 10.1 Å². The number of hydrogen-bond donors (Lipinski definition) is 1. The van der Waals surface area contributed by atoms with Gasteiger partial charge in [0.2, 0.25) is 5.88 Å². The lowest BCUT2D eigenvalue weighted by atomic mass is 10.1. The van der Waals surface area contributed by atoms with Gasteiger partial charge in [0, 0.05) is 18.4 Å². The number of hydrogen-bond acceptors (Lipinski definition) is 6. The Bertz CT molecular complexity index is 924. The molecule has 0 radical (unpaired) electrons. The normalized spacial score (nSPS) is 14.4. The molecule has 0 bridgehead atoms. The van der Waals surface area contributed by atoms with Crippen molar-refractivity contribution in [2.24, 2.45) is 0 Å². The summed E-state index contributed by atoms with van der Waals surface area (Å²) in [6.07, 6.45) is 2.71. The van der Waals surface area contributed by atoms with Gasteiger partial charge in [-0.1, -0.05) is 0 Å². The molecule has 134 valence electrons. The number of aromatic nitrogens is 1. The number of nitrogens with zero attached hydrogens (tertiary/aromatic N) is 1. The predicted molar refractivity (Wildman–Crippen MR) is 86.4 cm³/mol. The minimum absolute atomic E-state index is 0.0130. The molecule has 6 nitrogen and oxygen atoms in total. The SMILES string of the molecule is CS(=O)(=O)c1cc(OCc2c(F)ccc(C(=O)NC3CC3)c2F)ns1. The lowest BCUT2D eigenvalue weighted by Gasteiger charge is -2.10. The van der Waals surface area contributed by atoms with Crippen molar-refractivity contribution in [2.45, 2.75) is 29.7 Å². The Morgan fingerprint density at radius 3 is 2.72 bits per heavy atom. The van der Waals surface area contributed by atoms with Crippen LogP contribution in [0.1, 0.15) is 28.8 Å². The van der Waals surface area contributed by atoms with Gasteiger partial charge >= 0.3 is 0 Å². The maximum Gasteiger partial charge on any atom is 0.254 e. The van der Waals surface area contributed by atoms with E-state index in [0.717, 1.165) is 31.2 Å². The molecule has 1 saturated carbocycles. The molecule has 1 N–H and O–H groups in total. The quantitative estimate of drug-likeness (QED) is 0.821. The number of rotatable bonds is 6. The molecule has 1 aliphatic carbocycles. The Morgan fingerprint density at radius 2 is 2.12 bits per heavy atom. The Kier molecular flexibility index (Phi) is 4.74. The second-order valence-corrected chi connectivity index (χ2v) is 8.73. The van der Waals surface area contributed by atoms with E-state index >= 15 is 0 Å². The van der Waals surface area contributed by atoms with Crippen LogP contribution in [0.25, 0.3) is 0 Å². The molecule has 0 spiro atoms. The van der Waals surface area contributed by atoms with E-state index in [2.05, 4.69) is 9.69 Å². The van der Waals surface area contributed by atoms with Gasteiger partial charge in [0.15, 0.2) is 9.84 Å². The van der Waals surface area contributed by atoms with E-state index in [9.17, 15) is 22.0 Å². The maximum absolute atomic E-state index is 14.5. The van der Waals surface area contributed by atoms with Crippen molar-refractivity contribution < 1.29 is 26.7 Å². The molecule has 10 heteroatoms. The lowest BCUT2D eigenvalue weighted by molar-refractivity contribution is 0.0946. The topological polar surface area (TPSA) is 85.4 Å². The van der Waals surface area contributed by atoms with Gasteiger partial charge in [-0.3, -0.25) is 4.79 Å². The smallest absolute Gasteiger partial charge is 0.254 e. The number of benzene rings is 1.